The minimum Gasteiger partial charge on any atom is -0.497 e. The van der Waals surface area contributed by atoms with Gasteiger partial charge in [0.05, 0.1) is 26.3 Å². The molecule has 1 heterocycles. The second kappa shape index (κ2) is 7.65. The van der Waals surface area contributed by atoms with Gasteiger partial charge in [0.2, 0.25) is 0 Å². The predicted octanol–water partition coefficient (Wildman–Crippen LogP) is 2.54. The molecule has 6 heteroatoms. The fraction of sp³-hybridized carbons (Fsp3) is 0.150. The van der Waals surface area contributed by atoms with E-state index in [0.717, 1.165) is 0 Å². The third-order valence-corrected chi connectivity index (χ3v) is 4.00. The SMILES string of the molecule is COc1ccc(C(=O)c2cccc(Cn3ncccc3=O)c2OC)cc1. The Hall–Kier alpha value is -3.41. The van der Waals surface area contributed by atoms with Gasteiger partial charge in [-0.2, -0.15) is 5.10 Å². The van der Waals surface area contributed by atoms with E-state index in [0.29, 0.717) is 28.2 Å². The van der Waals surface area contributed by atoms with E-state index in [4.69, 9.17) is 9.47 Å². The lowest BCUT2D eigenvalue weighted by atomic mass is 9.99. The molecular formula is C20H18N2O4. The minimum atomic E-state index is -0.221. The highest BCUT2D eigenvalue weighted by Crippen LogP contribution is 2.27. The van der Waals surface area contributed by atoms with Crippen LogP contribution in [0.3, 0.4) is 0 Å². The molecule has 0 amide bonds. The number of rotatable bonds is 6. The Morgan fingerprint density at radius 1 is 1.00 bits per heavy atom. The second-order valence-corrected chi connectivity index (χ2v) is 5.58. The lowest BCUT2D eigenvalue weighted by Crippen LogP contribution is -2.22. The first-order valence-electron chi connectivity index (χ1n) is 8.01. The lowest BCUT2D eigenvalue weighted by Gasteiger charge is -2.13. The predicted molar refractivity (Wildman–Crippen MR) is 97.0 cm³/mol. The number of ether oxygens (including phenoxy) is 2. The molecule has 26 heavy (non-hydrogen) atoms. The average molecular weight is 350 g/mol. The van der Waals surface area contributed by atoms with E-state index in [1.807, 2.05) is 6.07 Å². The molecule has 0 unspecified atom stereocenters. The highest BCUT2D eigenvalue weighted by molar-refractivity contribution is 6.11. The molecular weight excluding hydrogens is 332 g/mol. The number of para-hydroxylation sites is 1. The zero-order valence-corrected chi connectivity index (χ0v) is 14.5. The summed E-state index contributed by atoms with van der Waals surface area (Å²) in [5.74, 6) is 0.947. The number of benzene rings is 2. The van der Waals surface area contributed by atoms with Crippen molar-refractivity contribution < 1.29 is 14.3 Å². The molecule has 0 saturated carbocycles. The smallest absolute Gasteiger partial charge is 0.267 e. The zero-order valence-electron chi connectivity index (χ0n) is 14.5. The van der Waals surface area contributed by atoms with Crippen LogP contribution in [0.1, 0.15) is 21.5 Å². The average Bonchev–Trinajstić information content (AvgIpc) is 2.69. The Kier molecular flexibility index (Phi) is 5.12. The van der Waals surface area contributed by atoms with Crippen LogP contribution in [0.2, 0.25) is 0 Å². The maximum Gasteiger partial charge on any atom is 0.267 e. The van der Waals surface area contributed by atoms with E-state index >= 15 is 0 Å². The molecule has 0 saturated heterocycles. The lowest BCUT2D eigenvalue weighted by molar-refractivity contribution is 0.103. The molecule has 1 aromatic heterocycles. The molecule has 0 aliphatic rings. The van der Waals surface area contributed by atoms with Gasteiger partial charge in [0.1, 0.15) is 11.5 Å². The molecule has 0 aliphatic heterocycles. The van der Waals surface area contributed by atoms with Crippen LogP contribution in [0.15, 0.2) is 65.6 Å². The fourth-order valence-electron chi connectivity index (χ4n) is 2.69. The van der Waals surface area contributed by atoms with Crippen molar-refractivity contribution in [3.05, 3.63) is 87.8 Å². The van der Waals surface area contributed by atoms with Gasteiger partial charge >= 0.3 is 0 Å². The normalized spacial score (nSPS) is 10.4. The third kappa shape index (κ3) is 3.49. The van der Waals surface area contributed by atoms with E-state index in [2.05, 4.69) is 5.10 Å². The van der Waals surface area contributed by atoms with Crippen LogP contribution >= 0.6 is 0 Å². The first kappa shape index (κ1) is 17.4. The van der Waals surface area contributed by atoms with Gasteiger partial charge in [-0.15, -0.1) is 0 Å². The van der Waals surface area contributed by atoms with Crippen LogP contribution in [0.25, 0.3) is 0 Å². The molecule has 3 aromatic rings. The van der Waals surface area contributed by atoms with Gasteiger partial charge in [0.15, 0.2) is 5.78 Å². The summed E-state index contributed by atoms with van der Waals surface area (Å²) >= 11 is 0. The van der Waals surface area contributed by atoms with Crippen LogP contribution in [-0.2, 0) is 6.54 Å². The van der Waals surface area contributed by atoms with Gasteiger partial charge in [-0.25, -0.2) is 4.68 Å². The van der Waals surface area contributed by atoms with Crippen LogP contribution in [-0.4, -0.2) is 29.8 Å². The van der Waals surface area contributed by atoms with Crippen molar-refractivity contribution in [3.63, 3.8) is 0 Å². The van der Waals surface area contributed by atoms with Crippen molar-refractivity contribution in [2.45, 2.75) is 6.54 Å². The Bertz CT molecular complexity index is 978. The van der Waals surface area contributed by atoms with E-state index in [1.54, 1.807) is 55.8 Å². The van der Waals surface area contributed by atoms with Gasteiger partial charge in [-0.1, -0.05) is 12.1 Å². The number of methoxy groups -OCH3 is 2. The summed E-state index contributed by atoms with van der Waals surface area (Å²) in [4.78, 5) is 24.8. The van der Waals surface area contributed by atoms with Gasteiger partial charge in [0.25, 0.3) is 5.56 Å². The van der Waals surface area contributed by atoms with Gasteiger partial charge < -0.3 is 9.47 Å². The highest BCUT2D eigenvalue weighted by atomic mass is 16.5. The summed E-state index contributed by atoms with van der Waals surface area (Å²) in [6, 6.07) is 15.2. The summed E-state index contributed by atoms with van der Waals surface area (Å²) in [7, 11) is 3.08. The molecule has 3 rings (SSSR count). The summed E-state index contributed by atoms with van der Waals surface area (Å²) in [6.45, 7) is 0.215. The number of nitrogens with zero attached hydrogens (tertiary/aromatic N) is 2. The number of carbonyl (C=O) groups excluding carboxylic acids is 1. The van der Waals surface area contributed by atoms with Crippen molar-refractivity contribution in [1.82, 2.24) is 9.78 Å². The Labute approximate surface area is 150 Å². The molecule has 0 N–H and O–H groups in total. The monoisotopic (exact) mass is 350 g/mol. The van der Waals surface area contributed by atoms with E-state index < -0.39 is 0 Å². The standard InChI is InChI=1S/C20H18N2O4/c1-25-16-10-8-14(9-11-16)19(24)17-6-3-5-15(20(17)26-2)13-22-18(23)7-4-12-21-22/h3-12H,13H2,1-2H3. The van der Waals surface area contributed by atoms with Crippen LogP contribution in [0.4, 0.5) is 0 Å². The van der Waals surface area contributed by atoms with Gasteiger partial charge in [-0.05, 0) is 36.4 Å². The summed E-state index contributed by atoms with van der Waals surface area (Å²) in [5, 5.41) is 4.05. The summed E-state index contributed by atoms with van der Waals surface area (Å²) in [6.07, 6.45) is 1.54. The Morgan fingerprint density at radius 3 is 2.42 bits per heavy atom. The second-order valence-electron chi connectivity index (χ2n) is 5.58. The zero-order chi connectivity index (χ0) is 18.5. The van der Waals surface area contributed by atoms with E-state index in [-0.39, 0.29) is 17.9 Å². The maximum atomic E-state index is 12.9. The third-order valence-electron chi connectivity index (χ3n) is 4.00. The number of carbonyl (C=O) groups is 1. The van der Waals surface area contributed by atoms with Gasteiger partial charge in [0, 0.05) is 23.4 Å². The number of ketones is 1. The number of hydrogen-bond acceptors (Lipinski definition) is 5. The molecule has 6 nitrogen and oxygen atoms in total. The molecule has 0 aliphatic carbocycles. The highest BCUT2D eigenvalue weighted by Gasteiger charge is 2.18. The van der Waals surface area contributed by atoms with Crippen molar-refractivity contribution in [2.24, 2.45) is 0 Å². The van der Waals surface area contributed by atoms with Gasteiger partial charge in [-0.3, -0.25) is 9.59 Å². The van der Waals surface area contributed by atoms with E-state index in [9.17, 15) is 9.59 Å². The van der Waals surface area contributed by atoms with Crippen LogP contribution < -0.4 is 15.0 Å². The van der Waals surface area contributed by atoms with Crippen LogP contribution in [0.5, 0.6) is 11.5 Å². The number of hydrogen-bond donors (Lipinski definition) is 0. The molecule has 0 bridgehead atoms. The quantitative estimate of drug-likeness (QED) is 0.639. The maximum absolute atomic E-state index is 12.9. The summed E-state index contributed by atoms with van der Waals surface area (Å²) < 4.78 is 11.9. The molecule has 0 atom stereocenters. The first-order chi connectivity index (χ1) is 12.6. The minimum absolute atomic E-state index is 0.167. The van der Waals surface area contributed by atoms with Crippen LogP contribution in [0, 0.1) is 0 Å². The topological polar surface area (TPSA) is 70.4 Å². The first-order valence-corrected chi connectivity index (χ1v) is 8.01. The largest absolute Gasteiger partial charge is 0.497 e. The molecule has 0 radical (unpaired) electrons. The molecule has 2 aromatic carbocycles. The molecule has 0 spiro atoms. The van der Waals surface area contributed by atoms with E-state index in [1.165, 1.54) is 17.9 Å². The Morgan fingerprint density at radius 2 is 1.77 bits per heavy atom. The fourth-order valence-corrected chi connectivity index (χ4v) is 2.69. The van der Waals surface area contributed by atoms with Crippen molar-refractivity contribution in [1.29, 1.82) is 0 Å². The number of aromatic nitrogens is 2. The molecule has 0 fully saturated rings. The van der Waals surface area contributed by atoms with Crippen molar-refractivity contribution in [2.75, 3.05) is 14.2 Å². The Balaban J connectivity index is 1.98. The molecule has 132 valence electrons. The van der Waals surface area contributed by atoms with Crippen molar-refractivity contribution in [3.8, 4) is 11.5 Å². The summed E-state index contributed by atoms with van der Waals surface area (Å²) in [5.41, 5.74) is 1.43. The van der Waals surface area contributed by atoms with Crippen molar-refractivity contribution >= 4 is 5.78 Å².